The predicted molar refractivity (Wildman–Crippen MR) is 92.1 cm³/mol. The highest BCUT2D eigenvalue weighted by atomic mass is 16.3. The third-order valence-corrected chi connectivity index (χ3v) is 4.89. The van der Waals surface area contributed by atoms with E-state index in [0.717, 1.165) is 32.7 Å². The highest BCUT2D eigenvalue weighted by molar-refractivity contribution is 6.11. The topological polar surface area (TPSA) is 60.7 Å². The van der Waals surface area contributed by atoms with Crippen molar-refractivity contribution in [2.75, 3.05) is 0 Å². The van der Waals surface area contributed by atoms with Crippen LogP contribution in [-0.2, 0) is 6.61 Å². The number of benzene rings is 3. The van der Waals surface area contributed by atoms with E-state index in [1.807, 2.05) is 37.3 Å². The fourth-order valence-corrected chi connectivity index (χ4v) is 3.77. The van der Waals surface area contributed by atoms with E-state index in [4.69, 9.17) is 0 Å². The maximum absolute atomic E-state index is 10.4. The van der Waals surface area contributed by atoms with E-state index < -0.39 is 12.2 Å². The van der Waals surface area contributed by atoms with Gasteiger partial charge < -0.3 is 15.3 Å². The summed E-state index contributed by atoms with van der Waals surface area (Å²) in [7, 11) is 0. The molecule has 3 heteroatoms. The number of hydrogen-bond donors (Lipinski definition) is 3. The quantitative estimate of drug-likeness (QED) is 0.605. The van der Waals surface area contributed by atoms with Crippen LogP contribution < -0.4 is 0 Å². The summed E-state index contributed by atoms with van der Waals surface area (Å²) in [6.07, 6.45) is 1.51. The molecule has 0 aliphatic heterocycles. The van der Waals surface area contributed by atoms with Gasteiger partial charge in [0.05, 0.1) is 6.61 Å². The van der Waals surface area contributed by atoms with Crippen LogP contribution in [0.1, 0.15) is 28.4 Å². The van der Waals surface area contributed by atoms with Gasteiger partial charge in [0, 0.05) is 0 Å². The fourth-order valence-electron chi connectivity index (χ4n) is 3.77. The summed E-state index contributed by atoms with van der Waals surface area (Å²) in [5.41, 5.74) is 3.30. The first-order valence-electron chi connectivity index (χ1n) is 7.75. The molecule has 0 radical (unpaired) electrons. The van der Waals surface area contributed by atoms with E-state index in [0.29, 0.717) is 11.1 Å². The number of aliphatic hydroxyl groups excluding tert-OH is 3. The van der Waals surface area contributed by atoms with Gasteiger partial charge in [-0.3, -0.25) is 0 Å². The molecule has 0 spiro atoms. The minimum absolute atomic E-state index is 0.172. The van der Waals surface area contributed by atoms with Crippen molar-refractivity contribution in [1.29, 1.82) is 0 Å². The van der Waals surface area contributed by atoms with Crippen molar-refractivity contribution < 1.29 is 15.3 Å². The van der Waals surface area contributed by atoms with Crippen LogP contribution in [0.2, 0.25) is 0 Å². The second-order valence-electron chi connectivity index (χ2n) is 6.09. The summed E-state index contributed by atoms with van der Waals surface area (Å²) in [5.74, 6) is 0. The largest absolute Gasteiger partial charge is 0.392 e. The summed E-state index contributed by atoms with van der Waals surface area (Å²) in [6.45, 7) is 1.86. The standard InChI is InChI=1S/C20H18O3/c1-11-13-8-9-17(22)20(23)19(13)16(10-21)15-7-6-12-4-2-3-5-14(12)18(11)15/h2-9,17,20-23H,10H2,1H3/t17-,20+/m0/s1. The Labute approximate surface area is 134 Å². The Bertz CT molecular complexity index is 956. The molecule has 0 aromatic heterocycles. The van der Waals surface area contributed by atoms with Crippen molar-refractivity contribution in [3.63, 3.8) is 0 Å². The minimum Gasteiger partial charge on any atom is -0.392 e. The molecule has 0 saturated heterocycles. The zero-order chi connectivity index (χ0) is 16.1. The van der Waals surface area contributed by atoms with Gasteiger partial charge in [0.25, 0.3) is 0 Å². The molecule has 2 atom stereocenters. The van der Waals surface area contributed by atoms with Crippen LogP contribution in [0.4, 0.5) is 0 Å². The summed E-state index contributed by atoms with van der Waals surface area (Å²) in [4.78, 5) is 0. The normalized spacial score (nSPS) is 20.2. The number of aliphatic hydroxyl groups is 3. The summed E-state index contributed by atoms with van der Waals surface area (Å²) < 4.78 is 0. The van der Waals surface area contributed by atoms with E-state index in [9.17, 15) is 15.3 Å². The van der Waals surface area contributed by atoms with Crippen LogP contribution in [0.5, 0.6) is 0 Å². The van der Waals surface area contributed by atoms with Crippen LogP contribution in [0.3, 0.4) is 0 Å². The maximum atomic E-state index is 10.4. The van der Waals surface area contributed by atoms with Crippen molar-refractivity contribution in [3.8, 4) is 0 Å². The van der Waals surface area contributed by atoms with Crippen molar-refractivity contribution in [1.82, 2.24) is 0 Å². The van der Waals surface area contributed by atoms with Gasteiger partial charge in [-0.2, -0.15) is 0 Å². The number of rotatable bonds is 1. The molecular formula is C20H18O3. The van der Waals surface area contributed by atoms with E-state index in [1.165, 1.54) is 0 Å². The Morgan fingerprint density at radius 1 is 1.00 bits per heavy atom. The third kappa shape index (κ3) is 1.94. The van der Waals surface area contributed by atoms with E-state index in [2.05, 4.69) is 12.1 Å². The molecule has 0 amide bonds. The lowest BCUT2D eigenvalue weighted by molar-refractivity contribution is 0.0457. The van der Waals surface area contributed by atoms with Crippen molar-refractivity contribution >= 4 is 27.6 Å². The lowest BCUT2D eigenvalue weighted by atomic mass is 9.81. The number of fused-ring (bicyclic) bond motifs is 4. The van der Waals surface area contributed by atoms with Gasteiger partial charge in [-0.15, -0.1) is 0 Å². The van der Waals surface area contributed by atoms with Gasteiger partial charge in [0.15, 0.2) is 0 Å². The first-order chi connectivity index (χ1) is 11.1. The summed E-state index contributed by atoms with van der Waals surface area (Å²) in [5, 5.41) is 34.6. The predicted octanol–water partition coefficient (Wildman–Crippen LogP) is 3.21. The molecule has 0 bridgehead atoms. The molecule has 116 valence electrons. The van der Waals surface area contributed by atoms with Crippen LogP contribution >= 0.6 is 0 Å². The third-order valence-electron chi connectivity index (χ3n) is 4.89. The average molecular weight is 306 g/mol. The lowest BCUT2D eigenvalue weighted by Gasteiger charge is -2.27. The SMILES string of the molecule is Cc1c2c(c(CO)c3ccc4ccccc4c13)[C@H](O)[C@@H](O)C=C2. The van der Waals surface area contributed by atoms with Gasteiger partial charge in [0.1, 0.15) is 12.2 Å². The van der Waals surface area contributed by atoms with Crippen molar-refractivity contribution in [3.05, 3.63) is 64.7 Å². The molecule has 0 saturated carbocycles. The molecule has 0 unspecified atom stereocenters. The fraction of sp³-hybridized carbons (Fsp3) is 0.200. The van der Waals surface area contributed by atoms with Crippen LogP contribution in [0.25, 0.3) is 27.6 Å². The van der Waals surface area contributed by atoms with E-state index in [1.54, 1.807) is 6.08 Å². The van der Waals surface area contributed by atoms with Crippen LogP contribution in [0, 0.1) is 6.92 Å². The molecule has 3 aromatic carbocycles. The Balaban J connectivity index is 2.24. The summed E-state index contributed by atoms with van der Waals surface area (Å²) in [6, 6.07) is 12.2. The van der Waals surface area contributed by atoms with Crippen molar-refractivity contribution in [2.24, 2.45) is 0 Å². The zero-order valence-corrected chi connectivity index (χ0v) is 12.8. The minimum atomic E-state index is -1.01. The van der Waals surface area contributed by atoms with Crippen LogP contribution in [-0.4, -0.2) is 21.4 Å². The Morgan fingerprint density at radius 3 is 2.57 bits per heavy atom. The van der Waals surface area contributed by atoms with Gasteiger partial charge in [-0.1, -0.05) is 48.6 Å². The summed E-state index contributed by atoms with van der Waals surface area (Å²) >= 11 is 0. The van der Waals surface area contributed by atoms with Crippen molar-refractivity contribution in [2.45, 2.75) is 25.7 Å². The second-order valence-corrected chi connectivity index (χ2v) is 6.09. The van der Waals surface area contributed by atoms with Gasteiger partial charge in [0.2, 0.25) is 0 Å². The molecule has 4 rings (SSSR count). The van der Waals surface area contributed by atoms with Crippen LogP contribution in [0.15, 0.2) is 42.5 Å². The second kappa shape index (κ2) is 5.17. The monoisotopic (exact) mass is 306 g/mol. The number of hydrogen-bond acceptors (Lipinski definition) is 3. The zero-order valence-electron chi connectivity index (χ0n) is 12.8. The first-order valence-corrected chi connectivity index (χ1v) is 7.75. The van der Waals surface area contributed by atoms with Gasteiger partial charge in [-0.25, -0.2) is 0 Å². The van der Waals surface area contributed by atoms with E-state index >= 15 is 0 Å². The smallest absolute Gasteiger partial charge is 0.109 e. The Hall–Kier alpha value is -2.20. The Morgan fingerprint density at radius 2 is 1.78 bits per heavy atom. The molecule has 0 heterocycles. The van der Waals surface area contributed by atoms with Gasteiger partial charge in [-0.05, 0) is 50.7 Å². The average Bonchev–Trinajstić information content (AvgIpc) is 2.58. The number of aryl methyl sites for hydroxylation is 1. The highest BCUT2D eigenvalue weighted by Gasteiger charge is 2.28. The molecule has 3 aromatic rings. The molecule has 3 nitrogen and oxygen atoms in total. The maximum Gasteiger partial charge on any atom is 0.109 e. The van der Waals surface area contributed by atoms with Gasteiger partial charge >= 0.3 is 0 Å². The highest BCUT2D eigenvalue weighted by Crippen LogP contribution is 2.41. The van der Waals surface area contributed by atoms with E-state index in [-0.39, 0.29) is 6.61 Å². The molecule has 1 aliphatic carbocycles. The lowest BCUT2D eigenvalue weighted by Crippen LogP contribution is -2.22. The molecule has 23 heavy (non-hydrogen) atoms. The molecule has 0 fully saturated rings. The molecule has 1 aliphatic rings. The molecule has 3 N–H and O–H groups in total. The Kier molecular flexibility index (Phi) is 3.23. The molecular weight excluding hydrogens is 288 g/mol. The first kappa shape index (κ1) is 14.4.